The molecule has 1 fully saturated rings. The summed E-state index contributed by atoms with van der Waals surface area (Å²) in [4.78, 5) is 22.9. The van der Waals surface area contributed by atoms with Crippen LogP contribution < -0.4 is 11.5 Å². The Hall–Kier alpha value is -1.84. The number of nitrogens with two attached hydrogens (primary N) is 2. The van der Waals surface area contributed by atoms with Crippen LogP contribution in [0.3, 0.4) is 0 Å². The fourth-order valence-electron chi connectivity index (χ4n) is 4.02. The molecule has 1 aliphatic rings. The van der Waals surface area contributed by atoms with E-state index in [9.17, 15) is 9.59 Å². The predicted octanol–water partition coefficient (Wildman–Crippen LogP) is 2.53. The van der Waals surface area contributed by atoms with Crippen LogP contribution in [0.5, 0.6) is 0 Å². The molecule has 3 atom stereocenters. The summed E-state index contributed by atoms with van der Waals surface area (Å²) in [5, 5.41) is 0. The van der Waals surface area contributed by atoms with Crippen molar-refractivity contribution in [3.8, 4) is 0 Å². The summed E-state index contributed by atoms with van der Waals surface area (Å²) in [6, 6.07) is 8.04. The van der Waals surface area contributed by atoms with E-state index in [1.165, 1.54) is 5.56 Å². The maximum absolute atomic E-state index is 11.9. The van der Waals surface area contributed by atoms with E-state index >= 15 is 0 Å². The number of hydrogen-bond acceptors (Lipinski definition) is 2. The highest BCUT2D eigenvalue weighted by atomic mass is 16.1. The van der Waals surface area contributed by atoms with E-state index in [4.69, 9.17) is 11.5 Å². The Labute approximate surface area is 138 Å². The van der Waals surface area contributed by atoms with E-state index in [1.807, 2.05) is 12.1 Å². The molecule has 1 aromatic rings. The molecule has 0 heterocycles. The molecule has 0 saturated heterocycles. The average Bonchev–Trinajstić information content (AvgIpc) is 2.46. The lowest BCUT2D eigenvalue weighted by molar-refractivity contribution is -0.126. The van der Waals surface area contributed by atoms with Gasteiger partial charge in [-0.25, -0.2) is 0 Å². The molecule has 4 heteroatoms. The molecule has 0 spiro atoms. The molecule has 1 saturated carbocycles. The third-order valence-electron chi connectivity index (χ3n) is 5.47. The molecule has 0 radical (unpaired) electrons. The zero-order chi connectivity index (χ0) is 17.2. The van der Waals surface area contributed by atoms with E-state index in [0.717, 1.165) is 24.8 Å². The third-order valence-corrected chi connectivity index (χ3v) is 5.47. The zero-order valence-corrected chi connectivity index (χ0v) is 14.3. The van der Waals surface area contributed by atoms with Crippen LogP contribution in [0.15, 0.2) is 24.3 Å². The van der Waals surface area contributed by atoms with Crippen LogP contribution in [0.1, 0.15) is 51.2 Å². The number of amides is 2. The van der Waals surface area contributed by atoms with Crippen molar-refractivity contribution in [2.75, 3.05) is 0 Å². The Morgan fingerprint density at radius 1 is 1.22 bits per heavy atom. The minimum Gasteiger partial charge on any atom is -0.369 e. The second kappa shape index (κ2) is 6.73. The highest BCUT2D eigenvalue weighted by Crippen LogP contribution is 2.46. The van der Waals surface area contributed by atoms with E-state index in [2.05, 4.69) is 32.9 Å². The Bertz CT molecular complexity index is 580. The maximum Gasteiger partial charge on any atom is 0.221 e. The van der Waals surface area contributed by atoms with Gasteiger partial charge in [-0.3, -0.25) is 9.59 Å². The molecule has 0 aliphatic heterocycles. The minimum atomic E-state index is -0.324. The van der Waals surface area contributed by atoms with Crippen LogP contribution in [0.25, 0.3) is 0 Å². The van der Waals surface area contributed by atoms with Gasteiger partial charge in [0, 0.05) is 5.92 Å². The van der Waals surface area contributed by atoms with Crippen molar-refractivity contribution < 1.29 is 9.59 Å². The smallest absolute Gasteiger partial charge is 0.221 e. The van der Waals surface area contributed by atoms with Crippen LogP contribution in [0, 0.1) is 17.8 Å². The van der Waals surface area contributed by atoms with Crippen LogP contribution in [0.2, 0.25) is 0 Å². The largest absolute Gasteiger partial charge is 0.369 e. The molecule has 3 unspecified atom stereocenters. The van der Waals surface area contributed by atoms with Crippen LogP contribution >= 0.6 is 0 Å². The standard InChI is InChI=1S/C19H28N2O2/c1-12(2)15-8-9-19(3,11-16(15)18(21)23)14-6-4-13(5-7-14)10-17(20)22/h4-7,12,15-16H,8-11H2,1-3H3,(H2,20,22)(H2,21,23). The summed E-state index contributed by atoms with van der Waals surface area (Å²) in [5.41, 5.74) is 13.0. The summed E-state index contributed by atoms with van der Waals surface area (Å²) < 4.78 is 0. The Balaban J connectivity index is 2.21. The molecule has 4 N–H and O–H groups in total. The van der Waals surface area contributed by atoms with Crippen LogP contribution in [0.4, 0.5) is 0 Å². The fraction of sp³-hybridized carbons (Fsp3) is 0.579. The lowest BCUT2D eigenvalue weighted by atomic mass is 9.61. The molecule has 1 aliphatic carbocycles. The molecule has 23 heavy (non-hydrogen) atoms. The Morgan fingerprint density at radius 2 is 1.83 bits per heavy atom. The van der Waals surface area contributed by atoms with Crippen molar-refractivity contribution in [3.05, 3.63) is 35.4 Å². The fourth-order valence-corrected chi connectivity index (χ4v) is 4.02. The summed E-state index contributed by atoms with van der Waals surface area (Å²) in [7, 11) is 0. The average molecular weight is 316 g/mol. The predicted molar refractivity (Wildman–Crippen MR) is 91.6 cm³/mol. The second-order valence-electron chi connectivity index (χ2n) is 7.56. The van der Waals surface area contributed by atoms with E-state index in [1.54, 1.807) is 0 Å². The molecule has 2 amide bonds. The van der Waals surface area contributed by atoms with Gasteiger partial charge in [-0.05, 0) is 47.6 Å². The molecule has 1 aromatic carbocycles. The number of carbonyl (C=O) groups is 2. The van der Waals surface area contributed by atoms with Gasteiger partial charge < -0.3 is 11.5 Å². The first kappa shape index (κ1) is 17.5. The van der Waals surface area contributed by atoms with E-state index in [-0.39, 0.29) is 29.6 Å². The maximum atomic E-state index is 11.9. The van der Waals surface area contributed by atoms with Gasteiger partial charge in [-0.15, -0.1) is 0 Å². The van der Waals surface area contributed by atoms with Crippen molar-refractivity contribution in [2.45, 2.75) is 51.9 Å². The first-order chi connectivity index (χ1) is 10.7. The highest BCUT2D eigenvalue weighted by molar-refractivity contribution is 5.77. The SMILES string of the molecule is CC(C)C1CCC(C)(c2ccc(CC(N)=O)cc2)CC1C(N)=O. The van der Waals surface area contributed by atoms with Crippen molar-refractivity contribution in [3.63, 3.8) is 0 Å². The number of hydrogen-bond donors (Lipinski definition) is 2. The van der Waals surface area contributed by atoms with Gasteiger partial charge in [0.25, 0.3) is 0 Å². The number of primary amides is 2. The lowest BCUT2D eigenvalue weighted by Gasteiger charge is -2.43. The van der Waals surface area contributed by atoms with Gasteiger partial charge in [0.15, 0.2) is 0 Å². The first-order valence-electron chi connectivity index (χ1n) is 8.40. The molecule has 2 rings (SSSR count). The van der Waals surface area contributed by atoms with Crippen LogP contribution in [-0.2, 0) is 21.4 Å². The monoisotopic (exact) mass is 316 g/mol. The van der Waals surface area contributed by atoms with Gasteiger partial charge in [0.1, 0.15) is 0 Å². The molecule has 4 nitrogen and oxygen atoms in total. The normalized spacial score (nSPS) is 27.8. The molecular weight excluding hydrogens is 288 g/mol. The molecular formula is C19H28N2O2. The van der Waals surface area contributed by atoms with Gasteiger partial charge in [-0.2, -0.15) is 0 Å². The third kappa shape index (κ3) is 3.92. The number of rotatable bonds is 5. The topological polar surface area (TPSA) is 86.2 Å². The molecule has 0 bridgehead atoms. The van der Waals surface area contributed by atoms with E-state index in [0.29, 0.717) is 11.8 Å². The number of benzene rings is 1. The zero-order valence-electron chi connectivity index (χ0n) is 14.3. The lowest BCUT2D eigenvalue weighted by Crippen LogP contribution is -2.43. The van der Waals surface area contributed by atoms with Gasteiger partial charge in [0.2, 0.25) is 11.8 Å². The molecule has 126 valence electrons. The molecule has 0 aromatic heterocycles. The second-order valence-corrected chi connectivity index (χ2v) is 7.56. The summed E-state index contributed by atoms with van der Waals surface area (Å²) in [6.07, 6.45) is 3.12. The van der Waals surface area contributed by atoms with Gasteiger partial charge in [-0.1, -0.05) is 45.0 Å². The van der Waals surface area contributed by atoms with Crippen LogP contribution in [-0.4, -0.2) is 11.8 Å². The van der Waals surface area contributed by atoms with Crippen molar-refractivity contribution in [2.24, 2.45) is 29.2 Å². The van der Waals surface area contributed by atoms with Gasteiger partial charge >= 0.3 is 0 Å². The minimum absolute atomic E-state index is 0.0453. The highest BCUT2D eigenvalue weighted by Gasteiger charge is 2.42. The van der Waals surface area contributed by atoms with Crippen molar-refractivity contribution in [1.29, 1.82) is 0 Å². The number of carbonyl (C=O) groups excluding carboxylic acids is 2. The Kier molecular flexibility index (Phi) is 5.12. The Morgan fingerprint density at radius 3 is 2.30 bits per heavy atom. The van der Waals surface area contributed by atoms with Crippen molar-refractivity contribution in [1.82, 2.24) is 0 Å². The van der Waals surface area contributed by atoms with Gasteiger partial charge in [0.05, 0.1) is 6.42 Å². The first-order valence-corrected chi connectivity index (χ1v) is 8.40. The van der Waals surface area contributed by atoms with E-state index < -0.39 is 0 Å². The van der Waals surface area contributed by atoms with Crippen molar-refractivity contribution >= 4 is 11.8 Å². The quantitative estimate of drug-likeness (QED) is 0.874. The summed E-state index contributed by atoms with van der Waals surface area (Å²) >= 11 is 0. The summed E-state index contributed by atoms with van der Waals surface area (Å²) in [5.74, 6) is 0.263. The summed E-state index contributed by atoms with van der Waals surface area (Å²) in [6.45, 7) is 6.55.